The fourth-order valence-electron chi connectivity index (χ4n) is 3.44. The highest BCUT2D eigenvalue weighted by molar-refractivity contribution is 5.96. The number of carbonyl (C=O) groups is 3. The number of benzene rings is 2. The molecule has 1 saturated heterocycles. The van der Waals surface area contributed by atoms with Crippen LogP contribution in [0, 0.1) is 18.7 Å². The molecular weight excluding hydrogens is 387 g/mol. The molecule has 3 rings (SSSR count). The van der Waals surface area contributed by atoms with E-state index in [2.05, 4.69) is 5.32 Å². The molecule has 1 aliphatic rings. The summed E-state index contributed by atoms with van der Waals surface area (Å²) in [4.78, 5) is 39.1. The van der Waals surface area contributed by atoms with Crippen LogP contribution in [0.25, 0.3) is 0 Å². The maximum absolute atomic E-state index is 13.2. The Labute approximate surface area is 175 Å². The molecule has 0 radical (unpaired) electrons. The van der Waals surface area contributed by atoms with Crippen molar-refractivity contribution in [2.75, 3.05) is 18.4 Å². The predicted molar refractivity (Wildman–Crippen MR) is 110 cm³/mol. The molecular formula is C23H25FN2O4. The number of likely N-dealkylation sites (tertiary alicyclic amines) is 1. The second kappa shape index (κ2) is 9.52. The number of ether oxygens (including phenoxy) is 1. The first kappa shape index (κ1) is 21.5. The third-order valence-corrected chi connectivity index (χ3v) is 5.25. The number of rotatable bonds is 5. The van der Waals surface area contributed by atoms with Gasteiger partial charge in [-0.05, 0) is 56.5 Å². The summed E-state index contributed by atoms with van der Waals surface area (Å²) < 4.78 is 18.5. The molecule has 6 nitrogen and oxygen atoms in total. The number of piperidine rings is 1. The van der Waals surface area contributed by atoms with Gasteiger partial charge in [0, 0.05) is 24.3 Å². The molecule has 0 spiro atoms. The zero-order chi connectivity index (χ0) is 21.7. The molecule has 0 aliphatic carbocycles. The molecule has 0 saturated carbocycles. The quantitative estimate of drug-likeness (QED) is 0.762. The van der Waals surface area contributed by atoms with Crippen LogP contribution in [0.2, 0.25) is 0 Å². The fourth-order valence-corrected chi connectivity index (χ4v) is 3.44. The van der Waals surface area contributed by atoms with Crippen LogP contribution in [0.4, 0.5) is 10.1 Å². The zero-order valence-electron chi connectivity index (χ0n) is 17.1. The lowest BCUT2D eigenvalue weighted by atomic mass is 9.96. The van der Waals surface area contributed by atoms with E-state index < -0.39 is 23.8 Å². The predicted octanol–water partition coefficient (Wildman–Crippen LogP) is 3.56. The van der Waals surface area contributed by atoms with Crippen LogP contribution in [0.5, 0.6) is 0 Å². The normalized spacial score (nSPS) is 15.4. The lowest BCUT2D eigenvalue weighted by molar-refractivity contribution is -0.158. The maximum Gasteiger partial charge on any atom is 0.309 e. The summed E-state index contributed by atoms with van der Waals surface area (Å²) in [5.41, 5.74) is 1.88. The first-order valence-corrected chi connectivity index (χ1v) is 9.97. The lowest BCUT2D eigenvalue weighted by Gasteiger charge is -2.31. The first-order chi connectivity index (χ1) is 14.3. The number of halogens is 1. The van der Waals surface area contributed by atoms with Gasteiger partial charge in [-0.25, -0.2) is 4.39 Å². The Hall–Kier alpha value is -3.22. The SMILES string of the molecule is Cc1ccccc1C(=O)N1CCC(C(=O)O[C@H](C)C(=O)Nc2cccc(F)c2)CC1. The van der Waals surface area contributed by atoms with Crippen LogP contribution in [0.15, 0.2) is 48.5 Å². The van der Waals surface area contributed by atoms with Crippen LogP contribution in [-0.4, -0.2) is 41.9 Å². The molecule has 0 bridgehead atoms. The number of amides is 2. The van der Waals surface area contributed by atoms with Gasteiger partial charge in [0.2, 0.25) is 0 Å². The Kier molecular flexibility index (Phi) is 6.82. The van der Waals surface area contributed by atoms with Crippen molar-refractivity contribution in [2.45, 2.75) is 32.8 Å². The van der Waals surface area contributed by atoms with Crippen LogP contribution in [-0.2, 0) is 14.3 Å². The van der Waals surface area contributed by atoms with Gasteiger partial charge in [-0.1, -0.05) is 24.3 Å². The van der Waals surface area contributed by atoms with Gasteiger partial charge in [-0.3, -0.25) is 14.4 Å². The van der Waals surface area contributed by atoms with Gasteiger partial charge in [0.15, 0.2) is 6.10 Å². The molecule has 30 heavy (non-hydrogen) atoms. The van der Waals surface area contributed by atoms with Crippen molar-refractivity contribution in [3.63, 3.8) is 0 Å². The topological polar surface area (TPSA) is 75.7 Å². The molecule has 2 aromatic carbocycles. The largest absolute Gasteiger partial charge is 0.452 e. The Morgan fingerprint density at radius 1 is 1.10 bits per heavy atom. The van der Waals surface area contributed by atoms with Crippen molar-refractivity contribution >= 4 is 23.5 Å². The van der Waals surface area contributed by atoms with Crippen LogP contribution >= 0.6 is 0 Å². The van der Waals surface area contributed by atoms with E-state index in [-0.39, 0.29) is 11.8 Å². The van der Waals surface area contributed by atoms with E-state index in [0.717, 1.165) is 5.56 Å². The van der Waals surface area contributed by atoms with E-state index in [1.54, 1.807) is 17.0 Å². The van der Waals surface area contributed by atoms with Crippen molar-refractivity contribution in [3.8, 4) is 0 Å². The summed E-state index contributed by atoms with van der Waals surface area (Å²) in [6, 6.07) is 12.9. The summed E-state index contributed by atoms with van der Waals surface area (Å²) in [5.74, 6) is -1.86. The average Bonchev–Trinajstić information content (AvgIpc) is 2.73. The number of nitrogens with zero attached hydrogens (tertiary/aromatic N) is 1. The summed E-state index contributed by atoms with van der Waals surface area (Å²) in [5, 5.41) is 2.53. The molecule has 1 heterocycles. The Balaban J connectivity index is 1.49. The summed E-state index contributed by atoms with van der Waals surface area (Å²) >= 11 is 0. The molecule has 1 atom stereocenters. The Morgan fingerprint density at radius 2 is 1.80 bits per heavy atom. The highest BCUT2D eigenvalue weighted by Crippen LogP contribution is 2.22. The van der Waals surface area contributed by atoms with Gasteiger partial charge in [-0.2, -0.15) is 0 Å². The summed E-state index contributed by atoms with van der Waals surface area (Å²) in [7, 11) is 0. The average molecular weight is 412 g/mol. The third kappa shape index (κ3) is 5.23. The monoisotopic (exact) mass is 412 g/mol. The second-order valence-electron chi connectivity index (χ2n) is 7.46. The molecule has 158 valence electrons. The molecule has 0 aromatic heterocycles. The van der Waals surface area contributed by atoms with Crippen molar-refractivity contribution in [1.29, 1.82) is 0 Å². The Morgan fingerprint density at radius 3 is 2.47 bits per heavy atom. The van der Waals surface area contributed by atoms with E-state index in [0.29, 0.717) is 37.2 Å². The molecule has 7 heteroatoms. The van der Waals surface area contributed by atoms with Crippen molar-refractivity contribution in [3.05, 3.63) is 65.5 Å². The molecule has 1 N–H and O–H groups in total. The highest BCUT2D eigenvalue weighted by Gasteiger charge is 2.31. The minimum absolute atomic E-state index is 0.0391. The number of anilines is 1. The Bertz CT molecular complexity index is 938. The molecule has 1 fully saturated rings. The summed E-state index contributed by atoms with van der Waals surface area (Å²) in [6.07, 6.45) is -0.0454. The number of nitrogens with one attached hydrogen (secondary N) is 1. The molecule has 2 amide bonds. The summed E-state index contributed by atoms with van der Waals surface area (Å²) in [6.45, 7) is 4.28. The van der Waals surface area contributed by atoms with E-state index in [4.69, 9.17) is 4.74 Å². The number of aryl methyl sites for hydroxylation is 1. The van der Waals surface area contributed by atoms with Crippen molar-refractivity contribution in [1.82, 2.24) is 4.90 Å². The van der Waals surface area contributed by atoms with Crippen molar-refractivity contribution in [2.24, 2.45) is 5.92 Å². The van der Waals surface area contributed by atoms with Gasteiger partial charge in [-0.15, -0.1) is 0 Å². The highest BCUT2D eigenvalue weighted by atomic mass is 19.1. The second-order valence-corrected chi connectivity index (χ2v) is 7.46. The van der Waals surface area contributed by atoms with E-state index >= 15 is 0 Å². The van der Waals surface area contributed by atoms with E-state index in [1.807, 2.05) is 25.1 Å². The number of hydrogen-bond donors (Lipinski definition) is 1. The van der Waals surface area contributed by atoms with Crippen LogP contribution < -0.4 is 5.32 Å². The van der Waals surface area contributed by atoms with Crippen LogP contribution in [0.1, 0.15) is 35.7 Å². The molecule has 0 unspecified atom stereocenters. The standard InChI is InChI=1S/C23H25FN2O4/c1-15-6-3-4-9-20(15)22(28)26-12-10-17(11-13-26)23(29)30-16(2)21(27)25-19-8-5-7-18(24)14-19/h3-9,14,16-17H,10-13H2,1-2H3,(H,25,27)/t16-/m1/s1. The van der Waals surface area contributed by atoms with E-state index in [9.17, 15) is 18.8 Å². The first-order valence-electron chi connectivity index (χ1n) is 9.97. The van der Waals surface area contributed by atoms with Gasteiger partial charge in [0.1, 0.15) is 5.82 Å². The third-order valence-electron chi connectivity index (χ3n) is 5.25. The lowest BCUT2D eigenvalue weighted by Crippen LogP contribution is -2.42. The van der Waals surface area contributed by atoms with Gasteiger partial charge in [0.25, 0.3) is 11.8 Å². The molecule has 2 aromatic rings. The number of carbonyl (C=O) groups excluding carboxylic acids is 3. The van der Waals surface area contributed by atoms with Crippen molar-refractivity contribution < 1.29 is 23.5 Å². The van der Waals surface area contributed by atoms with E-state index in [1.165, 1.54) is 25.1 Å². The maximum atomic E-state index is 13.2. The molecule has 1 aliphatic heterocycles. The van der Waals surface area contributed by atoms with Gasteiger partial charge in [0.05, 0.1) is 5.92 Å². The number of esters is 1. The minimum atomic E-state index is -1.01. The number of hydrogen-bond acceptors (Lipinski definition) is 4. The smallest absolute Gasteiger partial charge is 0.309 e. The van der Waals surface area contributed by atoms with Gasteiger partial charge >= 0.3 is 5.97 Å². The van der Waals surface area contributed by atoms with Crippen LogP contribution in [0.3, 0.4) is 0 Å². The van der Waals surface area contributed by atoms with Gasteiger partial charge < -0.3 is 15.0 Å². The zero-order valence-corrected chi connectivity index (χ0v) is 17.1. The minimum Gasteiger partial charge on any atom is -0.452 e. The fraction of sp³-hybridized carbons (Fsp3) is 0.348.